The van der Waals surface area contributed by atoms with Crippen LogP contribution < -0.4 is 0 Å². The van der Waals surface area contributed by atoms with E-state index in [9.17, 15) is 0 Å². The Hall–Kier alpha value is -0.240. The summed E-state index contributed by atoms with van der Waals surface area (Å²) in [6, 6.07) is 0. The van der Waals surface area contributed by atoms with Crippen LogP contribution in [0.5, 0.6) is 0 Å². The quantitative estimate of drug-likeness (QED) is 0.713. The zero-order chi connectivity index (χ0) is 15.9. The fraction of sp³-hybridized carbons (Fsp3) is 1.00. The maximum atomic E-state index is 6.20. The van der Waals surface area contributed by atoms with Crippen LogP contribution in [0.15, 0.2) is 0 Å². The van der Waals surface area contributed by atoms with Crippen molar-refractivity contribution in [2.24, 2.45) is 0 Å². The fourth-order valence-electron chi connectivity index (χ4n) is 3.48. The number of rotatable bonds is 7. The third kappa shape index (κ3) is 4.19. The summed E-state index contributed by atoms with van der Waals surface area (Å²) in [7, 11) is 6.62. The van der Waals surface area contributed by atoms with Crippen molar-refractivity contribution in [1.82, 2.24) is 0 Å². The van der Waals surface area contributed by atoms with E-state index in [1.165, 1.54) is 19.3 Å². The van der Waals surface area contributed by atoms with Crippen molar-refractivity contribution in [2.75, 3.05) is 35.0 Å². The van der Waals surface area contributed by atoms with Gasteiger partial charge in [-0.2, -0.15) is 0 Å². The van der Waals surface area contributed by atoms with Crippen molar-refractivity contribution in [3.63, 3.8) is 0 Å². The van der Waals surface area contributed by atoms with Crippen LogP contribution in [-0.2, 0) is 28.4 Å². The van der Waals surface area contributed by atoms with Crippen molar-refractivity contribution in [3.8, 4) is 0 Å². The van der Waals surface area contributed by atoms with Crippen molar-refractivity contribution >= 4 is 0 Å². The molecule has 130 valence electrons. The van der Waals surface area contributed by atoms with Gasteiger partial charge in [-0.25, -0.2) is 0 Å². The SMILES string of the molecule is COC[C@@H]1O[C@H](OC2CCCCC2)[C@H](OC)[C@H](OC)[C@H]1OC. The third-order valence-corrected chi connectivity index (χ3v) is 4.62. The van der Waals surface area contributed by atoms with Crippen LogP contribution >= 0.6 is 0 Å². The van der Waals surface area contributed by atoms with E-state index in [1.807, 2.05) is 0 Å². The average molecular weight is 318 g/mol. The smallest absolute Gasteiger partial charge is 0.187 e. The maximum absolute atomic E-state index is 6.20. The van der Waals surface area contributed by atoms with Gasteiger partial charge in [0.2, 0.25) is 0 Å². The molecule has 0 bridgehead atoms. The Balaban J connectivity index is 2.08. The second-order valence-corrected chi connectivity index (χ2v) is 6.00. The molecule has 0 unspecified atom stereocenters. The van der Waals surface area contributed by atoms with Gasteiger partial charge in [-0.1, -0.05) is 19.3 Å². The Morgan fingerprint density at radius 3 is 2.00 bits per heavy atom. The van der Waals surface area contributed by atoms with Gasteiger partial charge in [0.25, 0.3) is 0 Å². The van der Waals surface area contributed by atoms with Gasteiger partial charge >= 0.3 is 0 Å². The minimum atomic E-state index is -0.454. The first-order valence-electron chi connectivity index (χ1n) is 8.13. The second kappa shape index (κ2) is 9.15. The minimum absolute atomic E-state index is 0.233. The number of hydrogen-bond donors (Lipinski definition) is 0. The van der Waals surface area contributed by atoms with Gasteiger partial charge in [0.1, 0.15) is 24.4 Å². The molecule has 0 aromatic rings. The third-order valence-electron chi connectivity index (χ3n) is 4.62. The molecule has 0 aromatic heterocycles. The zero-order valence-electron chi connectivity index (χ0n) is 14.2. The Kier molecular flexibility index (Phi) is 7.53. The highest BCUT2D eigenvalue weighted by Gasteiger charge is 2.48. The first-order valence-corrected chi connectivity index (χ1v) is 8.13. The molecule has 0 spiro atoms. The number of ether oxygens (including phenoxy) is 6. The van der Waals surface area contributed by atoms with E-state index in [-0.39, 0.29) is 30.5 Å². The van der Waals surface area contributed by atoms with Gasteiger partial charge in [-0.3, -0.25) is 0 Å². The topological polar surface area (TPSA) is 55.4 Å². The highest BCUT2D eigenvalue weighted by Crippen LogP contribution is 2.31. The summed E-state index contributed by atoms with van der Waals surface area (Å²) in [5.74, 6) is 0. The predicted octanol–water partition coefficient (Wildman–Crippen LogP) is 1.75. The van der Waals surface area contributed by atoms with Gasteiger partial charge in [0.05, 0.1) is 12.7 Å². The molecule has 2 fully saturated rings. The number of methoxy groups -OCH3 is 4. The maximum Gasteiger partial charge on any atom is 0.187 e. The van der Waals surface area contributed by atoms with Gasteiger partial charge in [-0.05, 0) is 12.8 Å². The predicted molar refractivity (Wildman–Crippen MR) is 80.9 cm³/mol. The Bertz CT molecular complexity index is 307. The highest BCUT2D eigenvalue weighted by atomic mass is 16.7. The summed E-state index contributed by atoms with van der Waals surface area (Å²) in [6.45, 7) is 0.430. The van der Waals surface area contributed by atoms with Crippen LogP contribution in [0, 0.1) is 0 Å². The molecule has 6 heteroatoms. The first-order chi connectivity index (χ1) is 10.7. The van der Waals surface area contributed by atoms with E-state index in [2.05, 4.69) is 0 Å². The highest BCUT2D eigenvalue weighted by molar-refractivity contribution is 4.92. The lowest BCUT2D eigenvalue weighted by Gasteiger charge is -2.45. The van der Waals surface area contributed by atoms with Crippen molar-refractivity contribution in [3.05, 3.63) is 0 Å². The van der Waals surface area contributed by atoms with Crippen LogP contribution in [0.1, 0.15) is 32.1 Å². The largest absolute Gasteiger partial charge is 0.382 e. The molecule has 1 saturated carbocycles. The van der Waals surface area contributed by atoms with Crippen LogP contribution in [-0.4, -0.2) is 71.9 Å². The number of hydrogen-bond acceptors (Lipinski definition) is 6. The molecule has 0 radical (unpaired) electrons. The summed E-state index contributed by atoms with van der Waals surface area (Å²) in [5.41, 5.74) is 0. The molecule has 1 heterocycles. The summed E-state index contributed by atoms with van der Waals surface area (Å²) in [5, 5.41) is 0. The minimum Gasteiger partial charge on any atom is -0.382 e. The van der Waals surface area contributed by atoms with E-state index < -0.39 is 6.29 Å². The Morgan fingerprint density at radius 2 is 1.45 bits per heavy atom. The van der Waals surface area contributed by atoms with E-state index in [4.69, 9.17) is 28.4 Å². The van der Waals surface area contributed by atoms with E-state index >= 15 is 0 Å². The second-order valence-electron chi connectivity index (χ2n) is 6.00. The lowest BCUT2D eigenvalue weighted by atomic mass is 9.96. The zero-order valence-corrected chi connectivity index (χ0v) is 14.2. The van der Waals surface area contributed by atoms with Gasteiger partial charge in [-0.15, -0.1) is 0 Å². The van der Waals surface area contributed by atoms with E-state index in [0.29, 0.717) is 6.61 Å². The molecule has 0 aromatic carbocycles. The van der Waals surface area contributed by atoms with Crippen molar-refractivity contribution in [2.45, 2.75) is 68.9 Å². The van der Waals surface area contributed by atoms with E-state index in [0.717, 1.165) is 12.8 Å². The molecule has 2 aliphatic rings. The van der Waals surface area contributed by atoms with Crippen LogP contribution in [0.3, 0.4) is 0 Å². The van der Waals surface area contributed by atoms with E-state index in [1.54, 1.807) is 28.4 Å². The fourth-order valence-corrected chi connectivity index (χ4v) is 3.48. The van der Waals surface area contributed by atoms with Gasteiger partial charge in [0.15, 0.2) is 6.29 Å². The monoisotopic (exact) mass is 318 g/mol. The van der Waals surface area contributed by atoms with Crippen molar-refractivity contribution < 1.29 is 28.4 Å². The Labute approximate surface area is 133 Å². The lowest BCUT2D eigenvalue weighted by molar-refractivity contribution is -0.323. The first kappa shape index (κ1) is 18.1. The van der Waals surface area contributed by atoms with Crippen LogP contribution in [0.25, 0.3) is 0 Å². The normalized spacial score (nSPS) is 37.4. The molecule has 22 heavy (non-hydrogen) atoms. The molecular formula is C16H30O6. The molecule has 1 saturated heterocycles. The van der Waals surface area contributed by atoms with Crippen molar-refractivity contribution in [1.29, 1.82) is 0 Å². The average Bonchev–Trinajstić information content (AvgIpc) is 2.55. The molecule has 5 atom stereocenters. The Morgan fingerprint density at radius 1 is 0.818 bits per heavy atom. The van der Waals surface area contributed by atoms with Gasteiger partial charge < -0.3 is 28.4 Å². The van der Waals surface area contributed by atoms with Gasteiger partial charge in [0, 0.05) is 28.4 Å². The van der Waals surface area contributed by atoms with Crippen LogP contribution in [0.4, 0.5) is 0 Å². The molecule has 2 rings (SSSR count). The summed E-state index contributed by atoms with van der Waals surface area (Å²) in [4.78, 5) is 0. The molecular weight excluding hydrogens is 288 g/mol. The lowest BCUT2D eigenvalue weighted by Crippen LogP contribution is -2.61. The standard InChI is InChI=1S/C16H30O6/c1-17-10-12-13(18-2)14(19-3)15(20-4)16(22-12)21-11-8-6-5-7-9-11/h11-16H,5-10H2,1-4H3/t12-,13-,14+,15+,16-/m0/s1. The molecule has 6 nitrogen and oxygen atoms in total. The summed E-state index contributed by atoms with van der Waals surface area (Å²) >= 11 is 0. The molecule has 1 aliphatic heterocycles. The molecule has 0 amide bonds. The molecule has 0 N–H and O–H groups in total. The van der Waals surface area contributed by atoms with Crippen LogP contribution in [0.2, 0.25) is 0 Å². The molecule has 1 aliphatic carbocycles. The summed E-state index contributed by atoms with van der Waals surface area (Å²) < 4.78 is 34.4. The summed E-state index contributed by atoms with van der Waals surface area (Å²) in [6.07, 6.45) is 4.60.